The van der Waals surface area contributed by atoms with Crippen LogP contribution in [0.15, 0.2) is 24.3 Å². The monoisotopic (exact) mass is 285 g/mol. The minimum Gasteiger partial charge on any atom is -0.493 e. The molecule has 0 aliphatic rings. The lowest BCUT2D eigenvalue weighted by Gasteiger charge is -2.17. The van der Waals surface area contributed by atoms with E-state index in [4.69, 9.17) is 9.88 Å². The van der Waals surface area contributed by atoms with E-state index in [-0.39, 0.29) is 11.7 Å². The predicted octanol–water partition coefficient (Wildman–Crippen LogP) is 2.33. The highest BCUT2D eigenvalue weighted by Gasteiger charge is 2.16. The van der Waals surface area contributed by atoms with Gasteiger partial charge in [-0.25, -0.2) is 13.6 Å². The number of para-hydroxylation sites is 1. The van der Waals surface area contributed by atoms with Gasteiger partial charge in [-0.1, -0.05) is 38.5 Å². The topological polar surface area (TPSA) is 69.4 Å². The number of rotatable bonds is 8. The smallest absolute Gasteiger partial charge is 0.209 e. The second-order valence-corrected chi connectivity index (χ2v) is 6.42. The van der Waals surface area contributed by atoms with E-state index >= 15 is 0 Å². The fraction of sp³-hybridized carbons (Fsp3) is 0.571. The molecular formula is C14H23NO3S. The van der Waals surface area contributed by atoms with Crippen LogP contribution in [-0.2, 0) is 16.4 Å². The van der Waals surface area contributed by atoms with Crippen molar-refractivity contribution in [3.05, 3.63) is 29.8 Å². The molecule has 0 bridgehead atoms. The summed E-state index contributed by atoms with van der Waals surface area (Å²) in [5.74, 6) is 0.764. The lowest BCUT2D eigenvalue weighted by molar-refractivity contribution is 0.250. The molecule has 0 radical (unpaired) electrons. The van der Waals surface area contributed by atoms with Gasteiger partial charge in [-0.3, -0.25) is 0 Å². The molecular weight excluding hydrogens is 262 g/mol. The van der Waals surface area contributed by atoms with E-state index < -0.39 is 10.0 Å². The van der Waals surface area contributed by atoms with Crippen LogP contribution in [0, 0.1) is 5.92 Å². The molecule has 0 fully saturated rings. The Morgan fingerprint density at radius 1 is 1.26 bits per heavy atom. The third-order valence-corrected chi connectivity index (χ3v) is 3.93. The molecule has 0 spiro atoms. The first-order valence-electron chi connectivity index (χ1n) is 6.67. The van der Waals surface area contributed by atoms with Crippen molar-refractivity contribution in [3.63, 3.8) is 0 Å². The molecule has 4 nitrogen and oxygen atoms in total. The molecule has 0 aliphatic carbocycles. The highest BCUT2D eigenvalue weighted by molar-refractivity contribution is 7.89. The van der Waals surface area contributed by atoms with Crippen molar-refractivity contribution in [2.75, 3.05) is 12.4 Å². The summed E-state index contributed by atoms with van der Waals surface area (Å²) >= 11 is 0. The number of ether oxygens (including phenoxy) is 1. The van der Waals surface area contributed by atoms with Gasteiger partial charge < -0.3 is 4.74 Å². The van der Waals surface area contributed by atoms with Crippen LogP contribution in [0.5, 0.6) is 5.75 Å². The summed E-state index contributed by atoms with van der Waals surface area (Å²) in [7, 11) is -3.45. The van der Waals surface area contributed by atoms with E-state index in [1.807, 2.05) is 31.2 Å². The van der Waals surface area contributed by atoms with E-state index in [0.29, 0.717) is 6.61 Å². The number of hydrogen-bond donors (Lipinski definition) is 1. The highest BCUT2D eigenvalue weighted by Crippen LogP contribution is 2.20. The average molecular weight is 285 g/mol. The van der Waals surface area contributed by atoms with Crippen molar-refractivity contribution in [1.82, 2.24) is 0 Å². The van der Waals surface area contributed by atoms with Crippen molar-refractivity contribution in [1.29, 1.82) is 0 Å². The maximum Gasteiger partial charge on any atom is 0.209 e. The van der Waals surface area contributed by atoms with Gasteiger partial charge in [-0.05, 0) is 24.5 Å². The molecule has 0 aromatic heterocycles. The van der Waals surface area contributed by atoms with Gasteiger partial charge in [-0.2, -0.15) is 0 Å². The second kappa shape index (κ2) is 7.50. The summed E-state index contributed by atoms with van der Waals surface area (Å²) in [5.41, 5.74) is 1.13. The fourth-order valence-electron chi connectivity index (χ4n) is 2.10. The van der Waals surface area contributed by atoms with Crippen molar-refractivity contribution >= 4 is 10.0 Å². The minimum atomic E-state index is -3.45. The van der Waals surface area contributed by atoms with E-state index in [1.165, 1.54) is 0 Å². The van der Waals surface area contributed by atoms with Crippen LogP contribution < -0.4 is 9.88 Å². The van der Waals surface area contributed by atoms with Crippen LogP contribution in [0.3, 0.4) is 0 Å². The molecule has 1 unspecified atom stereocenters. The Hall–Kier alpha value is -1.07. The van der Waals surface area contributed by atoms with Crippen LogP contribution in [0.25, 0.3) is 0 Å². The van der Waals surface area contributed by atoms with E-state index in [1.54, 1.807) is 0 Å². The average Bonchev–Trinajstić information content (AvgIpc) is 2.35. The summed E-state index contributed by atoms with van der Waals surface area (Å²) in [5, 5.41) is 5.11. The molecule has 1 rings (SSSR count). The van der Waals surface area contributed by atoms with Crippen LogP contribution in [0.1, 0.15) is 32.3 Å². The lowest BCUT2D eigenvalue weighted by Crippen LogP contribution is -2.27. The predicted molar refractivity (Wildman–Crippen MR) is 77.7 cm³/mol. The van der Waals surface area contributed by atoms with Gasteiger partial charge >= 0.3 is 0 Å². The zero-order chi connectivity index (χ0) is 14.3. The molecule has 0 heterocycles. The molecule has 0 saturated carbocycles. The fourth-order valence-corrected chi connectivity index (χ4v) is 3.02. The molecule has 1 atom stereocenters. The molecule has 0 amide bonds. The first kappa shape index (κ1) is 16.0. The number of nitrogens with two attached hydrogens (primary N) is 1. The van der Waals surface area contributed by atoms with Gasteiger partial charge in [0.1, 0.15) is 5.75 Å². The molecule has 5 heteroatoms. The van der Waals surface area contributed by atoms with Crippen LogP contribution in [0.4, 0.5) is 0 Å². The molecule has 19 heavy (non-hydrogen) atoms. The minimum absolute atomic E-state index is 0.0187. The summed E-state index contributed by atoms with van der Waals surface area (Å²) in [6.07, 6.45) is 2.60. The SMILES string of the molecule is CCCC(COc1ccccc1CC)CS(N)(=O)=O. The zero-order valence-electron chi connectivity index (χ0n) is 11.6. The van der Waals surface area contributed by atoms with Gasteiger partial charge in [0.25, 0.3) is 0 Å². The summed E-state index contributed by atoms with van der Waals surface area (Å²) in [6, 6.07) is 7.82. The Labute approximate surface area is 116 Å². The first-order chi connectivity index (χ1) is 8.96. The standard InChI is InChI=1S/C14H23NO3S/c1-3-7-12(11-19(15,16)17)10-18-14-9-6-5-8-13(14)4-2/h5-6,8-9,12H,3-4,7,10-11H2,1-2H3,(H2,15,16,17). The third-order valence-electron chi connectivity index (χ3n) is 2.99. The van der Waals surface area contributed by atoms with E-state index in [2.05, 4.69) is 6.92 Å². The first-order valence-corrected chi connectivity index (χ1v) is 8.39. The Bertz CT molecular complexity index is 485. The number of hydrogen-bond acceptors (Lipinski definition) is 3. The summed E-state index contributed by atoms with van der Waals surface area (Å²) in [6.45, 7) is 4.48. The zero-order valence-corrected chi connectivity index (χ0v) is 12.4. The Morgan fingerprint density at radius 3 is 2.53 bits per heavy atom. The molecule has 2 N–H and O–H groups in total. The van der Waals surface area contributed by atoms with Gasteiger partial charge in [0.15, 0.2) is 0 Å². The van der Waals surface area contributed by atoms with E-state index in [9.17, 15) is 8.42 Å². The van der Waals surface area contributed by atoms with Crippen molar-refractivity contribution in [2.45, 2.75) is 33.1 Å². The van der Waals surface area contributed by atoms with Gasteiger partial charge in [0.2, 0.25) is 10.0 Å². The second-order valence-electron chi connectivity index (χ2n) is 4.76. The molecule has 1 aromatic rings. The number of primary sulfonamides is 1. The molecule has 0 aliphatic heterocycles. The van der Waals surface area contributed by atoms with Crippen molar-refractivity contribution < 1.29 is 13.2 Å². The Kier molecular flexibility index (Phi) is 6.31. The molecule has 1 aromatic carbocycles. The Morgan fingerprint density at radius 2 is 1.95 bits per heavy atom. The van der Waals surface area contributed by atoms with Crippen LogP contribution >= 0.6 is 0 Å². The maximum atomic E-state index is 11.2. The normalized spacial score (nSPS) is 13.2. The third kappa shape index (κ3) is 6.07. The van der Waals surface area contributed by atoms with Crippen LogP contribution in [-0.4, -0.2) is 20.8 Å². The number of aryl methyl sites for hydroxylation is 1. The van der Waals surface area contributed by atoms with Crippen molar-refractivity contribution in [2.24, 2.45) is 11.1 Å². The Balaban J connectivity index is 2.65. The molecule has 108 valence electrons. The highest BCUT2D eigenvalue weighted by atomic mass is 32.2. The van der Waals surface area contributed by atoms with Crippen LogP contribution in [0.2, 0.25) is 0 Å². The summed E-state index contributed by atoms with van der Waals surface area (Å²) < 4.78 is 28.1. The van der Waals surface area contributed by atoms with Crippen molar-refractivity contribution in [3.8, 4) is 5.75 Å². The number of sulfonamides is 1. The number of benzene rings is 1. The van der Waals surface area contributed by atoms with Gasteiger partial charge in [0, 0.05) is 5.92 Å². The quantitative estimate of drug-likeness (QED) is 0.797. The lowest BCUT2D eigenvalue weighted by atomic mass is 10.1. The van der Waals surface area contributed by atoms with E-state index in [0.717, 1.165) is 30.6 Å². The largest absolute Gasteiger partial charge is 0.493 e. The summed E-state index contributed by atoms with van der Waals surface area (Å²) in [4.78, 5) is 0. The van der Waals surface area contributed by atoms with Gasteiger partial charge in [-0.15, -0.1) is 0 Å². The van der Waals surface area contributed by atoms with Gasteiger partial charge in [0.05, 0.1) is 12.4 Å². The molecule has 0 saturated heterocycles. The maximum absolute atomic E-state index is 11.2.